The molecule has 1 aromatic heterocycles. The normalized spacial score (nSPS) is 22.9. The average molecular weight is 289 g/mol. The van der Waals surface area contributed by atoms with E-state index in [-0.39, 0.29) is 17.9 Å². The van der Waals surface area contributed by atoms with Crippen LogP contribution in [0.4, 0.5) is 11.5 Å². The van der Waals surface area contributed by atoms with Crippen LogP contribution in [0, 0.1) is 0 Å². The molecule has 2 aliphatic rings. The smallest absolute Gasteiger partial charge is 0.249 e. The minimum atomic E-state index is -0.360. The first-order valence-corrected chi connectivity index (χ1v) is 7.24. The number of aromatic nitrogens is 1. The van der Waals surface area contributed by atoms with Crippen molar-refractivity contribution < 1.29 is 9.59 Å². The zero-order valence-corrected chi connectivity index (χ0v) is 11.8. The van der Waals surface area contributed by atoms with Crippen molar-refractivity contribution in [2.45, 2.75) is 18.9 Å². The van der Waals surface area contributed by atoms with Crippen LogP contribution >= 0.6 is 0 Å². The van der Waals surface area contributed by atoms with Crippen LogP contribution in [0.25, 0.3) is 0 Å². The van der Waals surface area contributed by atoms with Gasteiger partial charge in [0.2, 0.25) is 11.8 Å². The Balaban J connectivity index is 1.68. The van der Waals surface area contributed by atoms with Gasteiger partial charge in [-0.05, 0) is 12.5 Å². The summed E-state index contributed by atoms with van der Waals surface area (Å²) in [6.07, 6.45) is 2.64. The van der Waals surface area contributed by atoms with Gasteiger partial charge in [0.15, 0.2) is 0 Å². The van der Waals surface area contributed by atoms with Crippen LogP contribution in [0.5, 0.6) is 0 Å². The van der Waals surface area contributed by atoms with Gasteiger partial charge in [-0.15, -0.1) is 0 Å². The maximum atomic E-state index is 11.8. The largest absolute Gasteiger partial charge is 0.374 e. The Kier molecular flexibility index (Phi) is 4.01. The Labute approximate surface area is 123 Å². The molecule has 2 amide bonds. The van der Waals surface area contributed by atoms with Crippen molar-refractivity contribution in [3.63, 3.8) is 0 Å². The molecular weight excluding hydrogens is 270 g/mol. The van der Waals surface area contributed by atoms with Gasteiger partial charge in [0, 0.05) is 50.6 Å². The highest BCUT2D eigenvalue weighted by Gasteiger charge is 2.26. The van der Waals surface area contributed by atoms with Crippen molar-refractivity contribution in [2.75, 3.05) is 36.4 Å². The first-order valence-electron chi connectivity index (χ1n) is 7.24. The molecule has 7 nitrogen and oxygen atoms in total. The highest BCUT2D eigenvalue weighted by Crippen LogP contribution is 2.19. The fourth-order valence-corrected chi connectivity index (χ4v) is 2.61. The molecule has 0 saturated carbocycles. The molecule has 0 aromatic carbocycles. The minimum Gasteiger partial charge on any atom is -0.374 e. The van der Waals surface area contributed by atoms with Crippen LogP contribution in [-0.4, -0.2) is 49.0 Å². The Morgan fingerprint density at radius 2 is 2.10 bits per heavy atom. The first kappa shape index (κ1) is 13.8. The van der Waals surface area contributed by atoms with Crippen molar-refractivity contribution in [3.8, 4) is 0 Å². The van der Waals surface area contributed by atoms with Crippen molar-refractivity contribution in [2.24, 2.45) is 0 Å². The lowest BCUT2D eigenvalue weighted by atomic mass is 10.1. The van der Waals surface area contributed by atoms with Crippen molar-refractivity contribution >= 4 is 23.3 Å². The van der Waals surface area contributed by atoms with E-state index in [2.05, 4.69) is 25.8 Å². The van der Waals surface area contributed by atoms with Crippen molar-refractivity contribution in [3.05, 3.63) is 18.3 Å². The summed E-state index contributed by atoms with van der Waals surface area (Å²) >= 11 is 0. The summed E-state index contributed by atoms with van der Waals surface area (Å²) in [7, 11) is 0. The summed E-state index contributed by atoms with van der Waals surface area (Å²) in [5, 5.41) is 8.84. The van der Waals surface area contributed by atoms with E-state index >= 15 is 0 Å². The number of piperidine rings is 1. The second kappa shape index (κ2) is 6.09. The number of carbonyl (C=O) groups excluding carboxylic acids is 2. The van der Waals surface area contributed by atoms with Gasteiger partial charge in [0.1, 0.15) is 11.9 Å². The lowest BCUT2D eigenvalue weighted by molar-refractivity contribution is -0.133. The van der Waals surface area contributed by atoms with E-state index in [9.17, 15) is 9.59 Å². The molecule has 7 heteroatoms. The topological polar surface area (TPSA) is 86.4 Å². The molecule has 1 unspecified atom stereocenters. The molecule has 3 N–H and O–H groups in total. The van der Waals surface area contributed by atoms with E-state index in [1.54, 1.807) is 6.20 Å². The van der Waals surface area contributed by atoms with Gasteiger partial charge in [0.25, 0.3) is 0 Å². The highest BCUT2D eigenvalue weighted by molar-refractivity contribution is 6.01. The molecule has 2 aliphatic heterocycles. The maximum Gasteiger partial charge on any atom is 0.249 e. The summed E-state index contributed by atoms with van der Waals surface area (Å²) in [6, 6.07) is 3.44. The summed E-state index contributed by atoms with van der Waals surface area (Å²) < 4.78 is 0. The van der Waals surface area contributed by atoms with E-state index in [1.807, 2.05) is 12.1 Å². The second-order valence-electron chi connectivity index (χ2n) is 5.29. The monoisotopic (exact) mass is 289 g/mol. The molecule has 2 saturated heterocycles. The molecule has 0 spiro atoms. The summed E-state index contributed by atoms with van der Waals surface area (Å²) in [4.78, 5) is 29.5. The predicted octanol–water partition coefficient (Wildman–Crippen LogP) is -0.292. The van der Waals surface area contributed by atoms with Gasteiger partial charge in [-0.1, -0.05) is 0 Å². The Bertz CT molecular complexity index is 542. The standard InChI is InChI=1S/C14H19N5O2/c20-13-2-1-11(14(21)18-13)17-10-3-4-16-12(9-10)19-7-5-15-6-8-19/h3-4,9,11,15H,1-2,5-8H2,(H,16,17)(H,18,20,21). The summed E-state index contributed by atoms with van der Waals surface area (Å²) in [5.41, 5.74) is 0.855. The van der Waals surface area contributed by atoms with Crippen LogP contribution in [0.1, 0.15) is 12.8 Å². The van der Waals surface area contributed by atoms with Gasteiger partial charge in [-0.25, -0.2) is 4.98 Å². The van der Waals surface area contributed by atoms with Crippen molar-refractivity contribution in [1.82, 2.24) is 15.6 Å². The molecule has 0 radical (unpaired) electrons. The van der Waals surface area contributed by atoms with Gasteiger partial charge in [0.05, 0.1) is 0 Å². The predicted molar refractivity (Wildman–Crippen MR) is 79.1 cm³/mol. The third-order valence-corrected chi connectivity index (χ3v) is 3.77. The summed E-state index contributed by atoms with van der Waals surface area (Å²) in [5.74, 6) is 0.454. The van der Waals surface area contributed by atoms with Crippen LogP contribution in [0.15, 0.2) is 18.3 Å². The van der Waals surface area contributed by atoms with E-state index < -0.39 is 0 Å². The molecule has 1 atom stereocenters. The van der Waals surface area contributed by atoms with Crippen LogP contribution in [-0.2, 0) is 9.59 Å². The number of rotatable bonds is 3. The molecule has 3 rings (SSSR count). The van der Waals surface area contributed by atoms with Gasteiger partial charge in [-0.2, -0.15) is 0 Å². The molecular formula is C14H19N5O2. The number of pyridine rings is 1. The SMILES string of the molecule is O=C1CCC(Nc2ccnc(N3CCNCC3)c2)C(=O)N1. The number of hydrogen-bond acceptors (Lipinski definition) is 6. The third-order valence-electron chi connectivity index (χ3n) is 3.77. The first-order chi connectivity index (χ1) is 10.2. The number of anilines is 2. The number of imide groups is 1. The van der Waals surface area contributed by atoms with Gasteiger partial charge in [-0.3, -0.25) is 14.9 Å². The zero-order chi connectivity index (χ0) is 14.7. The van der Waals surface area contributed by atoms with E-state index in [0.717, 1.165) is 37.7 Å². The molecule has 2 fully saturated rings. The van der Waals surface area contributed by atoms with Gasteiger partial charge < -0.3 is 15.5 Å². The Morgan fingerprint density at radius 3 is 2.86 bits per heavy atom. The average Bonchev–Trinajstić information content (AvgIpc) is 2.51. The van der Waals surface area contributed by atoms with Crippen LogP contribution in [0.2, 0.25) is 0 Å². The number of amides is 2. The fourth-order valence-electron chi connectivity index (χ4n) is 2.61. The zero-order valence-electron chi connectivity index (χ0n) is 11.8. The van der Waals surface area contributed by atoms with E-state index in [4.69, 9.17) is 0 Å². The van der Waals surface area contributed by atoms with Gasteiger partial charge >= 0.3 is 0 Å². The molecule has 1 aromatic rings. The second-order valence-corrected chi connectivity index (χ2v) is 5.29. The lowest BCUT2D eigenvalue weighted by Crippen LogP contribution is -2.47. The minimum absolute atomic E-state index is 0.200. The number of nitrogens with zero attached hydrogens (tertiary/aromatic N) is 2. The van der Waals surface area contributed by atoms with Crippen molar-refractivity contribution in [1.29, 1.82) is 0 Å². The number of nitrogens with one attached hydrogen (secondary N) is 3. The molecule has 112 valence electrons. The lowest BCUT2D eigenvalue weighted by Gasteiger charge is -2.29. The number of carbonyl (C=O) groups is 2. The Morgan fingerprint density at radius 1 is 1.29 bits per heavy atom. The fraction of sp³-hybridized carbons (Fsp3) is 0.500. The maximum absolute atomic E-state index is 11.8. The third kappa shape index (κ3) is 3.30. The number of piperazine rings is 1. The molecule has 0 aliphatic carbocycles. The quantitative estimate of drug-likeness (QED) is 0.663. The number of hydrogen-bond donors (Lipinski definition) is 3. The van der Waals surface area contributed by atoms with E-state index in [0.29, 0.717) is 12.8 Å². The highest BCUT2D eigenvalue weighted by atomic mass is 16.2. The Hall–Kier alpha value is -2.15. The summed E-state index contributed by atoms with van der Waals surface area (Å²) in [6.45, 7) is 3.75. The molecule has 0 bridgehead atoms. The van der Waals surface area contributed by atoms with E-state index in [1.165, 1.54) is 0 Å². The van der Waals surface area contributed by atoms with Crippen LogP contribution in [0.3, 0.4) is 0 Å². The molecule has 21 heavy (non-hydrogen) atoms. The van der Waals surface area contributed by atoms with Crippen LogP contribution < -0.4 is 20.9 Å². The molecule has 3 heterocycles.